The molecule has 0 fully saturated rings. The van der Waals surface area contributed by atoms with Gasteiger partial charge in [-0.25, -0.2) is 4.39 Å². The second-order valence-corrected chi connectivity index (χ2v) is 4.55. The summed E-state index contributed by atoms with van der Waals surface area (Å²) in [6.45, 7) is 1.34. The van der Waals surface area contributed by atoms with E-state index in [1.807, 2.05) is 12.1 Å². The number of methoxy groups -OCH3 is 1. The first-order valence-electron chi connectivity index (χ1n) is 6.50. The molecule has 0 amide bonds. The Morgan fingerprint density at radius 3 is 2.55 bits per heavy atom. The zero-order valence-electron chi connectivity index (χ0n) is 11.4. The molecule has 106 valence electrons. The summed E-state index contributed by atoms with van der Waals surface area (Å²) in [6.07, 6.45) is 0.817. The topological polar surface area (TPSA) is 41.5 Å². The summed E-state index contributed by atoms with van der Waals surface area (Å²) in [5.41, 5.74) is 1.91. The van der Waals surface area contributed by atoms with Gasteiger partial charge < -0.3 is 15.2 Å². The maximum Gasteiger partial charge on any atom is 0.123 e. The molecular weight excluding hydrogens is 257 g/mol. The number of hydrogen-bond donors (Lipinski definition) is 2. The van der Waals surface area contributed by atoms with Crippen molar-refractivity contribution in [1.82, 2.24) is 5.32 Å². The quantitative estimate of drug-likeness (QED) is 0.797. The number of rotatable bonds is 6. The molecule has 0 spiro atoms. The van der Waals surface area contributed by atoms with Gasteiger partial charge in [-0.2, -0.15) is 0 Å². The van der Waals surface area contributed by atoms with E-state index in [-0.39, 0.29) is 11.6 Å². The van der Waals surface area contributed by atoms with Gasteiger partial charge in [-0.1, -0.05) is 18.2 Å². The van der Waals surface area contributed by atoms with E-state index >= 15 is 0 Å². The summed E-state index contributed by atoms with van der Waals surface area (Å²) in [7, 11) is 1.56. The molecule has 0 radical (unpaired) electrons. The molecule has 2 aromatic carbocycles. The molecule has 3 nitrogen and oxygen atoms in total. The Labute approximate surface area is 118 Å². The molecule has 0 saturated heterocycles. The zero-order chi connectivity index (χ0) is 14.4. The van der Waals surface area contributed by atoms with E-state index in [1.54, 1.807) is 25.3 Å². The van der Waals surface area contributed by atoms with Gasteiger partial charge in [-0.05, 0) is 36.7 Å². The van der Waals surface area contributed by atoms with Gasteiger partial charge in [0.05, 0.1) is 7.11 Å². The van der Waals surface area contributed by atoms with Crippen molar-refractivity contribution < 1.29 is 14.2 Å². The van der Waals surface area contributed by atoms with Crippen LogP contribution in [0.5, 0.6) is 11.5 Å². The van der Waals surface area contributed by atoms with Gasteiger partial charge in [0.15, 0.2) is 0 Å². The first-order chi connectivity index (χ1) is 9.69. The van der Waals surface area contributed by atoms with Crippen molar-refractivity contribution in [3.05, 3.63) is 59.4 Å². The lowest BCUT2D eigenvalue weighted by Crippen LogP contribution is -2.16. The third-order valence-corrected chi connectivity index (χ3v) is 3.11. The predicted molar refractivity (Wildman–Crippen MR) is 76.5 cm³/mol. The lowest BCUT2D eigenvalue weighted by Gasteiger charge is -2.08. The van der Waals surface area contributed by atoms with E-state index in [2.05, 4.69) is 5.32 Å². The normalized spacial score (nSPS) is 10.5. The molecule has 2 aromatic rings. The Bertz CT molecular complexity index is 555. The van der Waals surface area contributed by atoms with Crippen molar-refractivity contribution in [3.63, 3.8) is 0 Å². The number of benzene rings is 2. The van der Waals surface area contributed by atoms with Gasteiger partial charge in [0.25, 0.3) is 0 Å². The van der Waals surface area contributed by atoms with E-state index in [1.165, 1.54) is 12.1 Å². The van der Waals surface area contributed by atoms with E-state index in [0.29, 0.717) is 12.3 Å². The molecule has 0 aromatic heterocycles. The maximum atomic E-state index is 12.7. The van der Waals surface area contributed by atoms with Crippen molar-refractivity contribution in [1.29, 1.82) is 0 Å². The van der Waals surface area contributed by atoms with Crippen molar-refractivity contribution in [2.24, 2.45) is 0 Å². The Kier molecular flexibility index (Phi) is 4.96. The highest BCUT2D eigenvalue weighted by Crippen LogP contribution is 2.23. The van der Waals surface area contributed by atoms with Gasteiger partial charge in [0.2, 0.25) is 0 Å². The summed E-state index contributed by atoms with van der Waals surface area (Å²) in [6, 6.07) is 11.7. The van der Waals surface area contributed by atoms with E-state index in [0.717, 1.165) is 24.1 Å². The van der Waals surface area contributed by atoms with Crippen LogP contribution in [-0.4, -0.2) is 18.8 Å². The molecule has 20 heavy (non-hydrogen) atoms. The Morgan fingerprint density at radius 2 is 1.90 bits per heavy atom. The van der Waals surface area contributed by atoms with Crippen LogP contribution in [0.25, 0.3) is 0 Å². The number of hydrogen-bond acceptors (Lipinski definition) is 3. The molecule has 0 heterocycles. The SMILES string of the molecule is COc1ccc(CNCCc2ccc(F)cc2)c(O)c1. The Morgan fingerprint density at radius 1 is 1.15 bits per heavy atom. The van der Waals surface area contributed by atoms with Crippen molar-refractivity contribution in [2.45, 2.75) is 13.0 Å². The van der Waals surface area contributed by atoms with Crippen LogP contribution in [0.4, 0.5) is 4.39 Å². The Balaban J connectivity index is 1.79. The standard InChI is InChI=1S/C16H18FNO2/c1-20-15-7-4-13(16(19)10-15)11-18-9-8-12-2-5-14(17)6-3-12/h2-7,10,18-19H,8-9,11H2,1H3. The number of nitrogens with one attached hydrogen (secondary N) is 1. The maximum absolute atomic E-state index is 12.7. The van der Waals surface area contributed by atoms with Crippen LogP contribution >= 0.6 is 0 Å². The monoisotopic (exact) mass is 275 g/mol. The number of halogens is 1. The largest absolute Gasteiger partial charge is 0.507 e. The third-order valence-electron chi connectivity index (χ3n) is 3.11. The summed E-state index contributed by atoms with van der Waals surface area (Å²) < 4.78 is 17.8. The highest BCUT2D eigenvalue weighted by Gasteiger charge is 2.02. The van der Waals surface area contributed by atoms with Gasteiger partial charge in [-0.3, -0.25) is 0 Å². The first kappa shape index (κ1) is 14.3. The van der Waals surface area contributed by atoms with Gasteiger partial charge in [0, 0.05) is 18.2 Å². The molecule has 0 saturated carbocycles. The second-order valence-electron chi connectivity index (χ2n) is 4.55. The van der Waals surface area contributed by atoms with Gasteiger partial charge in [-0.15, -0.1) is 0 Å². The van der Waals surface area contributed by atoms with Crippen LogP contribution in [0.2, 0.25) is 0 Å². The highest BCUT2D eigenvalue weighted by atomic mass is 19.1. The minimum absolute atomic E-state index is 0.218. The number of phenols is 1. The molecule has 4 heteroatoms. The number of phenolic OH excluding ortho intramolecular Hbond substituents is 1. The van der Waals surface area contributed by atoms with E-state index in [4.69, 9.17) is 4.74 Å². The van der Waals surface area contributed by atoms with Crippen LogP contribution in [0.15, 0.2) is 42.5 Å². The van der Waals surface area contributed by atoms with Crippen molar-refractivity contribution >= 4 is 0 Å². The number of aromatic hydroxyl groups is 1. The zero-order valence-corrected chi connectivity index (χ0v) is 11.4. The van der Waals surface area contributed by atoms with E-state index < -0.39 is 0 Å². The van der Waals surface area contributed by atoms with Crippen LogP contribution in [0.1, 0.15) is 11.1 Å². The van der Waals surface area contributed by atoms with Crippen molar-refractivity contribution in [2.75, 3.05) is 13.7 Å². The molecular formula is C16H18FNO2. The molecule has 0 bridgehead atoms. The highest BCUT2D eigenvalue weighted by molar-refractivity contribution is 5.39. The molecule has 2 N–H and O–H groups in total. The average molecular weight is 275 g/mol. The minimum atomic E-state index is -0.218. The lowest BCUT2D eigenvalue weighted by atomic mass is 10.1. The fourth-order valence-corrected chi connectivity index (χ4v) is 1.93. The second kappa shape index (κ2) is 6.91. The summed E-state index contributed by atoms with van der Waals surface area (Å²) in [5.74, 6) is 0.640. The van der Waals surface area contributed by atoms with Crippen LogP contribution in [0, 0.1) is 5.82 Å². The molecule has 0 aliphatic carbocycles. The minimum Gasteiger partial charge on any atom is -0.507 e. The fourth-order valence-electron chi connectivity index (χ4n) is 1.93. The summed E-state index contributed by atoms with van der Waals surface area (Å²) in [5, 5.41) is 13.1. The summed E-state index contributed by atoms with van der Waals surface area (Å²) >= 11 is 0. The van der Waals surface area contributed by atoms with Crippen LogP contribution in [0.3, 0.4) is 0 Å². The molecule has 0 aliphatic heterocycles. The fraction of sp³-hybridized carbons (Fsp3) is 0.250. The van der Waals surface area contributed by atoms with Gasteiger partial charge >= 0.3 is 0 Å². The van der Waals surface area contributed by atoms with Crippen LogP contribution < -0.4 is 10.1 Å². The Hall–Kier alpha value is -2.07. The molecule has 2 rings (SSSR count). The predicted octanol–water partition coefficient (Wildman–Crippen LogP) is 2.87. The van der Waals surface area contributed by atoms with Crippen molar-refractivity contribution in [3.8, 4) is 11.5 Å². The number of ether oxygens (including phenoxy) is 1. The van der Waals surface area contributed by atoms with E-state index in [9.17, 15) is 9.50 Å². The van der Waals surface area contributed by atoms with Gasteiger partial charge in [0.1, 0.15) is 17.3 Å². The smallest absolute Gasteiger partial charge is 0.123 e. The molecule has 0 aliphatic rings. The molecule has 0 unspecified atom stereocenters. The average Bonchev–Trinajstić information content (AvgIpc) is 2.46. The summed E-state index contributed by atoms with van der Waals surface area (Å²) in [4.78, 5) is 0. The molecule has 0 atom stereocenters. The van der Waals surface area contributed by atoms with Crippen LogP contribution in [-0.2, 0) is 13.0 Å². The first-order valence-corrected chi connectivity index (χ1v) is 6.50. The lowest BCUT2D eigenvalue weighted by molar-refractivity contribution is 0.406. The third kappa shape index (κ3) is 3.96.